The molecule has 0 saturated heterocycles. The van der Waals surface area contributed by atoms with Crippen LogP contribution in [0.3, 0.4) is 0 Å². The lowest BCUT2D eigenvalue weighted by atomic mass is 10.1. The number of rotatable bonds is 5. The number of hydrogen-bond donors (Lipinski definition) is 1. The van der Waals surface area contributed by atoms with Gasteiger partial charge in [0.25, 0.3) is 0 Å². The summed E-state index contributed by atoms with van der Waals surface area (Å²) in [5.74, 6) is 0.160. The van der Waals surface area contributed by atoms with E-state index >= 15 is 0 Å². The number of alkyl halides is 2. The quantitative estimate of drug-likeness (QED) is 0.891. The van der Waals surface area contributed by atoms with Crippen molar-refractivity contribution in [1.29, 1.82) is 0 Å². The van der Waals surface area contributed by atoms with Crippen LogP contribution in [0.4, 0.5) is 14.5 Å². The van der Waals surface area contributed by atoms with Gasteiger partial charge in [0, 0.05) is 11.7 Å². The summed E-state index contributed by atoms with van der Waals surface area (Å²) in [5, 5.41) is 3.26. The second kappa shape index (κ2) is 6.32. The summed E-state index contributed by atoms with van der Waals surface area (Å²) in [7, 11) is 0. The summed E-state index contributed by atoms with van der Waals surface area (Å²) >= 11 is 0. The highest BCUT2D eigenvalue weighted by Gasteiger charge is 2.09. The van der Waals surface area contributed by atoms with Gasteiger partial charge in [-0.05, 0) is 43.7 Å². The van der Waals surface area contributed by atoms with E-state index in [1.165, 1.54) is 6.07 Å². The summed E-state index contributed by atoms with van der Waals surface area (Å²) in [5.41, 5.74) is 2.68. The molecule has 0 aliphatic carbocycles. The molecule has 0 fully saturated rings. The summed E-state index contributed by atoms with van der Waals surface area (Å²) in [6.07, 6.45) is 1.74. The molecule has 2 aromatic rings. The molecule has 2 rings (SSSR count). The third-order valence-corrected chi connectivity index (χ3v) is 2.88. The Balaban J connectivity index is 2.08. The Hall–Kier alpha value is -2.17. The van der Waals surface area contributed by atoms with Crippen molar-refractivity contribution in [2.24, 2.45) is 0 Å². The highest BCUT2D eigenvalue weighted by atomic mass is 19.3. The average molecular weight is 278 g/mol. The Morgan fingerprint density at radius 2 is 2.00 bits per heavy atom. The molecular formula is C15H16F2N2O. The third-order valence-electron chi connectivity index (χ3n) is 2.88. The van der Waals surface area contributed by atoms with E-state index in [1.807, 2.05) is 32.0 Å². The first-order chi connectivity index (χ1) is 9.54. The number of benzene rings is 1. The maximum Gasteiger partial charge on any atom is 0.387 e. The number of hydrogen-bond acceptors (Lipinski definition) is 3. The maximum atomic E-state index is 12.2. The normalized spacial score (nSPS) is 12.2. The number of anilines is 1. The fourth-order valence-corrected chi connectivity index (χ4v) is 1.85. The second-order valence-corrected chi connectivity index (χ2v) is 4.51. The number of nitrogens with zero attached hydrogens (tertiary/aromatic N) is 1. The molecule has 1 N–H and O–H groups in total. The van der Waals surface area contributed by atoms with Crippen molar-refractivity contribution in [3.63, 3.8) is 0 Å². The Morgan fingerprint density at radius 1 is 1.20 bits per heavy atom. The number of halogens is 2. The van der Waals surface area contributed by atoms with Crippen LogP contribution in [0, 0.1) is 6.92 Å². The monoisotopic (exact) mass is 278 g/mol. The molecule has 1 atom stereocenters. The van der Waals surface area contributed by atoms with Crippen LogP contribution in [-0.2, 0) is 0 Å². The van der Waals surface area contributed by atoms with Crippen molar-refractivity contribution < 1.29 is 13.5 Å². The van der Waals surface area contributed by atoms with Crippen molar-refractivity contribution in [2.45, 2.75) is 26.5 Å². The molecule has 3 nitrogen and oxygen atoms in total. The number of nitrogens with one attached hydrogen (secondary N) is 1. The van der Waals surface area contributed by atoms with Gasteiger partial charge >= 0.3 is 6.61 Å². The molecule has 106 valence electrons. The van der Waals surface area contributed by atoms with E-state index < -0.39 is 6.61 Å². The van der Waals surface area contributed by atoms with Gasteiger partial charge in [-0.1, -0.05) is 12.1 Å². The predicted octanol–water partition coefficient (Wildman–Crippen LogP) is 4.16. The number of ether oxygens (including phenoxy) is 1. The molecule has 1 unspecified atom stereocenters. The van der Waals surface area contributed by atoms with Gasteiger partial charge in [0.1, 0.15) is 5.75 Å². The van der Waals surface area contributed by atoms with E-state index in [0.717, 1.165) is 16.9 Å². The Morgan fingerprint density at radius 3 is 2.65 bits per heavy atom. The Kier molecular flexibility index (Phi) is 4.50. The van der Waals surface area contributed by atoms with Gasteiger partial charge in [0.15, 0.2) is 0 Å². The van der Waals surface area contributed by atoms with Crippen LogP contribution in [0.25, 0.3) is 0 Å². The van der Waals surface area contributed by atoms with Gasteiger partial charge in [0.05, 0.1) is 11.9 Å². The highest BCUT2D eigenvalue weighted by Crippen LogP contribution is 2.23. The van der Waals surface area contributed by atoms with Gasteiger partial charge in [-0.15, -0.1) is 0 Å². The molecule has 0 amide bonds. The molecule has 0 aliphatic heterocycles. The molecule has 5 heteroatoms. The largest absolute Gasteiger partial charge is 0.435 e. The van der Waals surface area contributed by atoms with E-state index in [2.05, 4.69) is 15.0 Å². The number of pyridine rings is 1. The van der Waals surface area contributed by atoms with Crippen molar-refractivity contribution in [2.75, 3.05) is 5.32 Å². The van der Waals surface area contributed by atoms with E-state index in [9.17, 15) is 8.78 Å². The zero-order valence-electron chi connectivity index (χ0n) is 11.3. The Bertz CT molecular complexity index is 558. The minimum absolute atomic E-state index is 0.0410. The third kappa shape index (κ3) is 3.91. The topological polar surface area (TPSA) is 34.1 Å². The van der Waals surface area contributed by atoms with Gasteiger partial charge in [-0.2, -0.15) is 8.78 Å². The van der Waals surface area contributed by atoms with Gasteiger partial charge < -0.3 is 10.1 Å². The minimum atomic E-state index is -2.81. The van der Waals surface area contributed by atoms with Crippen LogP contribution in [0.5, 0.6) is 5.75 Å². The van der Waals surface area contributed by atoms with Gasteiger partial charge in [-0.3, -0.25) is 4.98 Å². The minimum Gasteiger partial charge on any atom is -0.435 e. The number of aryl methyl sites for hydroxylation is 1. The van der Waals surface area contributed by atoms with Crippen molar-refractivity contribution >= 4 is 5.69 Å². The van der Waals surface area contributed by atoms with E-state index in [0.29, 0.717) is 0 Å². The summed E-state index contributed by atoms with van der Waals surface area (Å²) < 4.78 is 28.8. The first-order valence-electron chi connectivity index (χ1n) is 6.28. The predicted molar refractivity (Wildman–Crippen MR) is 74.1 cm³/mol. The maximum absolute atomic E-state index is 12.2. The molecule has 1 aromatic heterocycles. The molecule has 0 radical (unpaired) electrons. The molecule has 1 heterocycles. The lowest BCUT2D eigenvalue weighted by Crippen LogP contribution is -2.08. The standard InChI is InChI=1S/C15H16F2N2O/c1-10-6-7-13(9-18-10)19-11(2)12-4-3-5-14(8-12)20-15(16)17/h3-9,11,15,19H,1-2H3. The number of aromatic nitrogens is 1. The zero-order valence-corrected chi connectivity index (χ0v) is 11.3. The average Bonchev–Trinajstić information content (AvgIpc) is 2.41. The molecule has 0 aliphatic rings. The summed E-state index contributed by atoms with van der Waals surface area (Å²) in [6, 6.07) is 10.5. The molecular weight excluding hydrogens is 262 g/mol. The molecule has 20 heavy (non-hydrogen) atoms. The van der Waals surface area contributed by atoms with E-state index in [4.69, 9.17) is 0 Å². The fraction of sp³-hybridized carbons (Fsp3) is 0.267. The van der Waals surface area contributed by atoms with Gasteiger partial charge in [0.2, 0.25) is 0 Å². The lowest BCUT2D eigenvalue weighted by molar-refractivity contribution is -0.0498. The molecule has 0 spiro atoms. The first kappa shape index (κ1) is 14.2. The zero-order chi connectivity index (χ0) is 14.5. The smallest absolute Gasteiger partial charge is 0.387 e. The SMILES string of the molecule is Cc1ccc(NC(C)c2cccc(OC(F)F)c2)cn1. The lowest BCUT2D eigenvalue weighted by Gasteiger charge is -2.16. The molecule has 1 aromatic carbocycles. The van der Waals surface area contributed by atoms with Crippen LogP contribution >= 0.6 is 0 Å². The highest BCUT2D eigenvalue weighted by molar-refractivity contribution is 5.44. The molecule has 0 bridgehead atoms. The van der Waals surface area contributed by atoms with E-state index in [-0.39, 0.29) is 11.8 Å². The van der Waals surface area contributed by atoms with Crippen LogP contribution in [0.15, 0.2) is 42.6 Å². The van der Waals surface area contributed by atoms with Crippen LogP contribution in [0.2, 0.25) is 0 Å². The van der Waals surface area contributed by atoms with Gasteiger partial charge in [-0.25, -0.2) is 0 Å². The van der Waals surface area contributed by atoms with E-state index in [1.54, 1.807) is 18.3 Å². The second-order valence-electron chi connectivity index (χ2n) is 4.51. The Labute approximate surface area is 116 Å². The fourth-order valence-electron chi connectivity index (χ4n) is 1.85. The molecule has 0 saturated carbocycles. The van der Waals surface area contributed by atoms with Crippen LogP contribution in [0.1, 0.15) is 24.2 Å². The van der Waals surface area contributed by atoms with Crippen LogP contribution in [-0.4, -0.2) is 11.6 Å². The van der Waals surface area contributed by atoms with Crippen molar-refractivity contribution in [3.05, 3.63) is 53.9 Å². The van der Waals surface area contributed by atoms with Crippen LogP contribution < -0.4 is 10.1 Å². The summed E-state index contributed by atoms with van der Waals surface area (Å²) in [4.78, 5) is 4.20. The van der Waals surface area contributed by atoms with Crippen molar-refractivity contribution in [3.8, 4) is 5.75 Å². The summed E-state index contributed by atoms with van der Waals surface area (Å²) in [6.45, 7) is 1.05. The first-order valence-corrected chi connectivity index (χ1v) is 6.28. The van der Waals surface area contributed by atoms with Crippen molar-refractivity contribution in [1.82, 2.24) is 4.98 Å².